The zero-order valence-corrected chi connectivity index (χ0v) is 29.1. The van der Waals surface area contributed by atoms with E-state index in [-0.39, 0.29) is 0 Å². The molecule has 53 heavy (non-hydrogen) atoms. The number of allylic oxidation sites excluding steroid dienone is 4. The molecule has 10 rings (SSSR count). The fourth-order valence-corrected chi connectivity index (χ4v) is 7.88. The van der Waals surface area contributed by atoms with Crippen molar-refractivity contribution in [1.82, 2.24) is 4.57 Å². The van der Waals surface area contributed by atoms with E-state index in [0.29, 0.717) is 0 Å². The molecule has 0 amide bonds. The molecule has 0 saturated heterocycles. The van der Waals surface area contributed by atoms with Gasteiger partial charge in [-0.25, -0.2) is 0 Å². The quantitative estimate of drug-likeness (QED) is 0.175. The third-order valence-electron chi connectivity index (χ3n) is 10.3. The van der Waals surface area contributed by atoms with E-state index in [1.54, 1.807) is 0 Å². The van der Waals surface area contributed by atoms with Gasteiger partial charge in [-0.2, -0.15) is 0 Å². The molecule has 252 valence electrons. The average Bonchev–Trinajstić information content (AvgIpc) is 3.75. The second-order valence-corrected chi connectivity index (χ2v) is 13.5. The molecule has 1 aliphatic heterocycles. The Hall–Kier alpha value is -7.04. The summed E-state index contributed by atoms with van der Waals surface area (Å²) in [6.45, 7) is 5.29. The SMILES string of the molecule is C=C1/C=C\C=C/N(c2cccc(N(Cc3ccccc3)c3ccccc3)c2)c2ccc3c(oc4ccc(-n5c6ccccc6c6ccccc65)cc43)c21. The number of rotatable bonds is 6. The predicted molar refractivity (Wildman–Crippen MR) is 223 cm³/mol. The smallest absolute Gasteiger partial charge is 0.145 e. The highest BCUT2D eigenvalue weighted by molar-refractivity contribution is 6.13. The van der Waals surface area contributed by atoms with Gasteiger partial charge in [-0.05, 0) is 90.0 Å². The van der Waals surface area contributed by atoms with Crippen LogP contribution >= 0.6 is 0 Å². The van der Waals surface area contributed by atoms with Gasteiger partial charge in [0.1, 0.15) is 11.2 Å². The van der Waals surface area contributed by atoms with Gasteiger partial charge in [0.15, 0.2) is 0 Å². The number of hydrogen-bond acceptors (Lipinski definition) is 3. The highest BCUT2D eigenvalue weighted by Crippen LogP contribution is 2.44. The maximum atomic E-state index is 6.77. The first-order chi connectivity index (χ1) is 26.2. The molecule has 0 N–H and O–H groups in total. The molecule has 9 aromatic rings. The van der Waals surface area contributed by atoms with Crippen LogP contribution < -0.4 is 9.80 Å². The van der Waals surface area contributed by atoms with E-state index in [2.05, 4.69) is 209 Å². The lowest BCUT2D eigenvalue weighted by Crippen LogP contribution is -2.17. The van der Waals surface area contributed by atoms with Crippen molar-refractivity contribution in [3.05, 3.63) is 206 Å². The molecule has 4 nitrogen and oxygen atoms in total. The van der Waals surface area contributed by atoms with Crippen LogP contribution in [0, 0.1) is 0 Å². The minimum atomic E-state index is 0.746. The Kier molecular flexibility index (Phi) is 7.33. The van der Waals surface area contributed by atoms with Crippen molar-refractivity contribution in [1.29, 1.82) is 0 Å². The van der Waals surface area contributed by atoms with Crippen molar-refractivity contribution in [2.24, 2.45) is 0 Å². The molecule has 0 radical (unpaired) electrons. The fraction of sp³-hybridized carbons (Fsp3) is 0.0204. The molecule has 0 saturated carbocycles. The van der Waals surface area contributed by atoms with Gasteiger partial charge < -0.3 is 18.8 Å². The van der Waals surface area contributed by atoms with Gasteiger partial charge in [0.2, 0.25) is 0 Å². The Bertz CT molecular complexity index is 2840. The Morgan fingerprint density at radius 1 is 0.547 bits per heavy atom. The van der Waals surface area contributed by atoms with Gasteiger partial charge in [-0.15, -0.1) is 0 Å². The number of para-hydroxylation sites is 3. The average molecular weight is 682 g/mol. The van der Waals surface area contributed by atoms with Gasteiger partial charge in [-0.3, -0.25) is 0 Å². The zero-order valence-electron chi connectivity index (χ0n) is 29.1. The van der Waals surface area contributed by atoms with Crippen LogP contribution in [0.3, 0.4) is 0 Å². The van der Waals surface area contributed by atoms with E-state index >= 15 is 0 Å². The second-order valence-electron chi connectivity index (χ2n) is 13.5. The Labute approximate surface area is 308 Å². The summed E-state index contributed by atoms with van der Waals surface area (Å²) in [6.07, 6.45) is 8.31. The van der Waals surface area contributed by atoms with E-state index in [0.717, 1.165) is 68.1 Å². The van der Waals surface area contributed by atoms with Crippen LogP contribution in [0.4, 0.5) is 22.7 Å². The number of aromatic nitrogens is 1. The Balaban J connectivity index is 1.11. The van der Waals surface area contributed by atoms with Crippen LogP contribution in [0.25, 0.3) is 55.0 Å². The van der Waals surface area contributed by atoms with Crippen molar-refractivity contribution >= 4 is 72.1 Å². The molecule has 0 aliphatic carbocycles. The lowest BCUT2D eigenvalue weighted by atomic mass is 9.98. The number of fused-ring (bicyclic) bond motifs is 8. The highest BCUT2D eigenvalue weighted by Gasteiger charge is 2.22. The van der Waals surface area contributed by atoms with Crippen LogP contribution in [0.2, 0.25) is 0 Å². The molecular formula is C49H35N3O. The lowest BCUT2D eigenvalue weighted by Gasteiger charge is -2.29. The molecular weight excluding hydrogens is 647 g/mol. The van der Waals surface area contributed by atoms with E-state index in [1.807, 2.05) is 0 Å². The molecule has 1 aliphatic rings. The third-order valence-corrected chi connectivity index (χ3v) is 10.3. The number of benzene rings is 7. The number of furan rings is 1. The summed E-state index contributed by atoms with van der Waals surface area (Å²) in [6, 6.07) is 58.1. The molecule has 2 aromatic heterocycles. The molecule has 0 bridgehead atoms. The fourth-order valence-electron chi connectivity index (χ4n) is 7.88. The Morgan fingerprint density at radius 3 is 2.02 bits per heavy atom. The Morgan fingerprint density at radius 2 is 1.25 bits per heavy atom. The van der Waals surface area contributed by atoms with Crippen LogP contribution in [0.5, 0.6) is 0 Å². The van der Waals surface area contributed by atoms with E-state index in [9.17, 15) is 0 Å². The number of hydrogen-bond donors (Lipinski definition) is 0. The number of anilines is 4. The molecule has 0 fully saturated rings. The minimum Gasteiger partial charge on any atom is -0.455 e. The first-order valence-electron chi connectivity index (χ1n) is 18.0. The largest absolute Gasteiger partial charge is 0.455 e. The van der Waals surface area contributed by atoms with Crippen molar-refractivity contribution in [2.75, 3.05) is 9.80 Å². The summed E-state index contributed by atoms with van der Waals surface area (Å²) in [4.78, 5) is 4.61. The summed E-state index contributed by atoms with van der Waals surface area (Å²) < 4.78 is 9.13. The monoisotopic (exact) mass is 681 g/mol. The molecule has 4 heteroatoms. The summed E-state index contributed by atoms with van der Waals surface area (Å²) in [5.41, 5.74) is 12.6. The third kappa shape index (κ3) is 5.23. The zero-order chi connectivity index (χ0) is 35.3. The van der Waals surface area contributed by atoms with Crippen LogP contribution in [0.1, 0.15) is 11.1 Å². The van der Waals surface area contributed by atoms with Crippen LogP contribution in [0.15, 0.2) is 199 Å². The summed E-state index contributed by atoms with van der Waals surface area (Å²) >= 11 is 0. The first kappa shape index (κ1) is 30.8. The first-order valence-corrected chi connectivity index (χ1v) is 18.0. The summed E-state index contributed by atoms with van der Waals surface area (Å²) in [7, 11) is 0. The second kappa shape index (κ2) is 12.6. The number of nitrogens with zero attached hydrogens (tertiary/aromatic N) is 3. The van der Waals surface area contributed by atoms with E-state index in [1.165, 1.54) is 27.4 Å². The van der Waals surface area contributed by atoms with Crippen molar-refractivity contribution in [3.8, 4) is 5.69 Å². The van der Waals surface area contributed by atoms with E-state index < -0.39 is 0 Å². The highest BCUT2D eigenvalue weighted by atomic mass is 16.3. The van der Waals surface area contributed by atoms with Gasteiger partial charge in [0.05, 0.1) is 16.7 Å². The predicted octanol–water partition coefficient (Wildman–Crippen LogP) is 13.3. The maximum Gasteiger partial charge on any atom is 0.145 e. The van der Waals surface area contributed by atoms with Gasteiger partial charge in [0, 0.05) is 62.6 Å². The van der Waals surface area contributed by atoms with Gasteiger partial charge in [0.25, 0.3) is 0 Å². The minimum absolute atomic E-state index is 0.746. The van der Waals surface area contributed by atoms with Crippen molar-refractivity contribution < 1.29 is 4.42 Å². The van der Waals surface area contributed by atoms with Gasteiger partial charge in [-0.1, -0.05) is 110 Å². The molecule has 3 heterocycles. The van der Waals surface area contributed by atoms with Gasteiger partial charge >= 0.3 is 0 Å². The molecule has 0 atom stereocenters. The van der Waals surface area contributed by atoms with Crippen molar-refractivity contribution in [3.63, 3.8) is 0 Å². The summed E-state index contributed by atoms with van der Waals surface area (Å²) in [5, 5.41) is 4.62. The van der Waals surface area contributed by atoms with Crippen LogP contribution in [-0.2, 0) is 6.54 Å². The summed E-state index contributed by atoms with van der Waals surface area (Å²) in [5.74, 6) is 0. The normalized spacial score (nSPS) is 14.0. The standard InChI is InChI=1S/C49H35N3O/c1-34-15-12-13-30-50(37-20-14-21-38(31-37)51(36-18-6-3-7-19-36)33-35-16-4-2-5-17-35)46-28-27-42-43-32-39(26-29-47(43)53-49(42)48(34)46)52-44-24-10-8-22-40(44)41-23-9-11-25-45(41)52/h2-32H,1,33H2/b15-12-,30-13-. The molecule has 0 spiro atoms. The van der Waals surface area contributed by atoms with E-state index in [4.69, 9.17) is 4.42 Å². The van der Waals surface area contributed by atoms with Crippen molar-refractivity contribution in [2.45, 2.75) is 6.54 Å². The topological polar surface area (TPSA) is 24.6 Å². The lowest BCUT2D eigenvalue weighted by molar-refractivity contribution is 0.667. The maximum absolute atomic E-state index is 6.77. The van der Waals surface area contributed by atoms with Crippen LogP contribution in [-0.4, -0.2) is 4.57 Å². The molecule has 7 aromatic carbocycles. The molecule has 0 unspecified atom stereocenters.